The fourth-order valence-corrected chi connectivity index (χ4v) is 3.70. The number of pyridine rings is 1. The molecule has 0 bridgehead atoms. The van der Waals surface area contributed by atoms with Gasteiger partial charge in [0.25, 0.3) is 0 Å². The summed E-state index contributed by atoms with van der Waals surface area (Å²) in [5.41, 5.74) is 1.04. The van der Waals surface area contributed by atoms with E-state index in [2.05, 4.69) is 49.6 Å². The third-order valence-corrected chi connectivity index (χ3v) is 5.68. The molecule has 28 heavy (non-hydrogen) atoms. The number of aliphatic imine (C=N–C) groups is 1. The van der Waals surface area contributed by atoms with Gasteiger partial charge in [0.05, 0.1) is 12.3 Å². The van der Waals surface area contributed by atoms with Gasteiger partial charge < -0.3 is 20.4 Å². The van der Waals surface area contributed by atoms with Gasteiger partial charge in [-0.1, -0.05) is 6.07 Å². The van der Waals surface area contributed by atoms with Gasteiger partial charge in [-0.2, -0.15) is 0 Å². The number of nitrogens with zero attached hydrogens (tertiary/aromatic N) is 4. The number of hydrogen-bond donors (Lipinski definition) is 2. The van der Waals surface area contributed by atoms with Crippen LogP contribution in [0.1, 0.15) is 25.8 Å². The van der Waals surface area contributed by atoms with Crippen LogP contribution in [0, 0.1) is 0 Å². The van der Waals surface area contributed by atoms with Crippen molar-refractivity contribution in [3.05, 3.63) is 23.9 Å². The van der Waals surface area contributed by atoms with Crippen molar-refractivity contribution in [3.63, 3.8) is 0 Å². The zero-order chi connectivity index (χ0) is 20.6. The van der Waals surface area contributed by atoms with Crippen molar-refractivity contribution >= 4 is 21.6 Å². The average Bonchev–Trinajstić information content (AvgIpc) is 2.65. The molecule has 0 amide bonds. The van der Waals surface area contributed by atoms with Crippen molar-refractivity contribution in [1.82, 2.24) is 20.5 Å². The van der Waals surface area contributed by atoms with Crippen LogP contribution in [0.4, 0.5) is 5.82 Å². The lowest BCUT2D eigenvalue weighted by Gasteiger charge is -2.33. The van der Waals surface area contributed by atoms with Gasteiger partial charge in [0.2, 0.25) is 0 Å². The van der Waals surface area contributed by atoms with E-state index in [1.54, 1.807) is 0 Å². The van der Waals surface area contributed by atoms with Crippen LogP contribution in [-0.4, -0.2) is 82.1 Å². The first-order chi connectivity index (χ1) is 13.3. The minimum Gasteiger partial charge on any atom is -0.357 e. The van der Waals surface area contributed by atoms with E-state index in [1.165, 1.54) is 6.26 Å². The Morgan fingerprint density at radius 3 is 2.57 bits per heavy atom. The van der Waals surface area contributed by atoms with Crippen molar-refractivity contribution in [2.24, 2.45) is 4.99 Å². The van der Waals surface area contributed by atoms with Crippen LogP contribution >= 0.6 is 0 Å². The molecule has 2 heterocycles. The zero-order valence-corrected chi connectivity index (χ0v) is 18.3. The molecule has 1 saturated heterocycles. The summed E-state index contributed by atoms with van der Waals surface area (Å²) in [4.78, 5) is 13.8. The Morgan fingerprint density at radius 1 is 1.29 bits per heavy atom. The van der Waals surface area contributed by atoms with Crippen LogP contribution in [0.2, 0.25) is 0 Å². The van der Waals surface area contributed by atoms with Gasteiger partial charge in [-0.3, -0.25) is 0 Å². The molecule has 1 fully saturated rings. The molecule has 8 nitrogen and oxygen atoms in total. The Morgan fingerprint density at radius 2 is 2.00 bits per heavy atom. The summed E-state index contributed by atoms with van der Waals surface area (Å²) in [5, 5.41) is 6.47. The normalized spacial score (nSPS) is 17.4. The van der Waals surface area contributed by atoms with Crippen LogP contribution in [-0.2, 0) is 16.4 Å². The molecule has 1 atom stereocenters. The topological polar surface area (TPSA) is 89.9 Å². The number of aromatic nitrogens is 1. The Kier molecular flexibility index (Phi) is 8.50. The summed E-state index contributed by atoms with van der Waals surface area (Å²) >= 11 is 0. The number of guanidine groups is 1. The maximum Gasteiger partial charge on any atom is 0.191 e. The van der Waals surface area contributed by atoms with E-state index in [0.29, 0.717) is 18.9 Å². The number of nitrogens with one attached hydrogen (secondary N) is 2. The highest BCUT2D eigenvalue weighted by atomic mass is 32.2. The Hall–Kier alpha value is -1.87. The number of likely N-dealkylation sites (N-methyl/N-ethyl adjacent to an activating group) is 1. The Labute approximate surface area is 169 Å². The van der Waals surface area contributed by atoms with E-state index >= 15 is 0 Å². The molecule has 9 heteroatoms. The summed E-state index contributed by atoms with van der Waals surface area (Å²) < 4.78 is 22.7. The molecule has 158 valence electrons. The van der Waals surface area contributed by atoms with Crippen LogP contribution in [0.25, 0.3) is 0 Å². The molecule has 0 saturated carbocycles. The first-order valence-corrected chi connectivity index (χ1v) is 11.9. The molecule has 0 aromatic carbocycles. The third-order valence-electron chi connectivity index (χ3n) is 4.71. The second kappa shape index (κ2) is 10.6. The van der Waals surface area contributed by atoms with Crippen molar-refractivity contribution in [2.45, 2.75) is 32.9 Å². The smallest absolute Gasteiger partial charge is 0.191 e. The first-order valence-electron chi connectivity index (χ1n) is 9.88. The number of anilines is 1. The van der Waals surface area contributed by atoms with Crippen LogP contribution in [0.5, 0.6) is 0 Å². The maximum absolute atomic E-state index is 11.3. The molecule has 1 aromatic heterocycles. The highest BCUT2D eigenvalue weighted by Crippen LogP contribution is 2.14. The SMILES string of the molecule is CCNC(=NCc1ccc(N2CCN(C)CC2)nc1)NC(C)CCS(C)(=O)=O. The Balaban J connectivity index is 1.90. The highest BCUT2D eigenvalue weighted by Gasteiger charge is 2.15. The average molecular weight is 411 g/mol. The molecular formula is C19H34N6O2S. The molecule has 1 aromatic rings. The summed E-state index contributed by atoms with van der Waals surface area (Å²) in [6.07, 6.45) is 3.69. The van der Waals surface area contributed by atoms with Gasteiger partial charge in [-0.05, 0) is 38.9 Å². The van der Waals surface area contributed by atoms with Gasteiger partial charge in [-0.15, -0.1) is 0 Å². The summed E-state index contributed by atoms with van der Waals surface area (Å²) in [7, 11) is -0.812. The number of rotatable bonds is 8. The van der Waals surface area contributed by atoms with Crippen LogP contribution in [0.3, 0.4) is 0 Å². The van der Waals surface area contributed by atoms with Crippen molar-refractivity contribution in [3.8, 4) is 0 Å². The van der Waals surface area contributed by atoms with Gasteiger partial charge >= 0.3 is 0 Å². The van der Waals surface area contributed by atoms with Gasteiger partial charge in [0, 0.05) is 51.2 Å². The summed E-state index contributed by atoms with van der Waals surface area (Å²) in [5.74, 6) is 1.87. The lowest BCUT2D eigenvalue weighted by Crippen LogP contribution is -2.44. The highest BCUT2D eigenvalue weighted by molar-refractivity contribution is 7.90. The minimum atomic E-state index is -2.95. The van der Waals surface area contributed by atoms with E-state index in [1.807, 2.05) is 20.0 Å². The van der Waals surface area contributed by atoms with E-state index in [-0.39, 0.29) is 11.8 Å². The Bertz CT molecular complexity index is 727. The van der Waals surface area contributed by atoms with E-state index < -0.39 is 9.84 Å². The van der Waals surface area contributed by atoms with Gasteiger partial charge in [0.15, 0.2) is 5.96 Å². The largest absolute Gasteiger partial charge is 0.357 e. The molecule has 1 aliphatic heterocycles. The van der Waals surface area contributed by atoms with E-state index in [4.69, 9.17) is 0 Å². The van der Waals surface area contributed by atoms with Crippen LogP contribution in [0.15, 0.2) is 23.3 Å². The number of sulfone groups is 1. The molecule has 0 radical (unpaired) electrons. The van der Waals surface area contributed by atoms with E-state index in [9.17, 15) is 8.42 Å². The maximum atomic E-state index is 11.3. The summed E-state index contributed by atoms with van der Waals surface area (Å²) in [6, 6.07) is 4.15. The van der Waals surface area contributed by atoms with Crippen molar-refractivity contribution in [2.75, 3.05) is 56.7 Å². The number of piperazine rings is 1. The fraction of sp³-hybridized carbons (Fsp3) is 0.684. The lowest BCUT2D eigenvalue weighted by molar-refractivity contribution is 0.312. The summed E-state index contributed by atoms with van der Waals surface area (Å²) in [6.45, 7) is 9.35. The second-order valence-corrected chi connectivity index (χ2v) is 9.73. The number of hydrogen-bond acceptors (Lipinski definition) is 6. The molecule has 2 N–H and O–H groups in total. The third kappa shape index (κ3) is 8.02. The van der Waals surface area contributed by atoms with Crippen molar-refractivity contribution < 1.29 is 8.42 Å². The predicted molar refractivity (Wildman–Crippen MR) is 116 cm³/mol. The molecule has 0 aliphatic carbocycles. The first kappa shape index (κ1) is 22.4. The van der Waals surface area contributed by atoms with Gasteiger partial charge in [0.1, 0.15) is 15.7 Å². The minimum absolute atomic E-state index is 0.0188. The quantitative estimate of drug-likeness (QED) is 0.482. The molecule has 1 unspecified atom stereocenters. The zero-order valence-electron chi connectivity index (χ0n) is 17.5. The van der Waals surface area contributed by atoms with E-state index in [0.717, 1.165) is 44.1 Å². The molecule has 0 spiro atoms. The van der Waals surface area contributed by atoms with Crippen LogP contribution < -0.4 is 15.5 Å². The predicted octanol–water partition coefficient (Wildman–Crippen LogP) is 0.712. The monoisotopic (exact) mass is 410 g/mol. The second-order valence-electron chi connectivity index (χ2n) is 7.47. The molecular weight excluding hydrogens is 376 g/mol. The molecule has 2 rings (SSSR count). The lowest BCUT2D eigenvalue weighted by atomic mass is 10.2. The molecule has 1 aliphatic rings. The standard InChI is InChI=1S/C19H34N6O2S/c1-5-20-19(23-16(2)8-13-28(4,26)27)22-15-17-6-7-18(21-14-17)25-11-9-24(3)10-12-25/h6-7,14,16H,5,8-13,15H2,1-4H3,(H2,20,22,23). The fourth-order valence-electron chi connectivity index (χ4n) is 2.92. The van der Waals surface area contributed by atoms with Gasteiger partial charge in [-0.25, -0.2) is 18.4 Å². The van der Waals surface area contributed by atoms with Crippen molar-refractivity contribution in [1.29, 1.82) is 0 Å².